The lowest BCUT2D eigenvalue weighted by atomic mass is 9.62. The molecule has 3 unspecified atom stereocenters. The molecule has 4 bridgehead atoms. The standard InChI is InChI=1S/C11H15NO4.C11H19NO2.C6H8.C5H9NO5.C5H7NO4.C4H6O3.CH3NO2/c1-2-16-11(13)9-7-3-5-8(6-4-7)10(9)12(14)15;1-2-14-11(13)9-7-3-5-8(6-4-7)10(9)12;1-2-4-6-5-3-1;1-2-11-5(8)3-4(7)6(9)10;1-2-10-5(7)3-4-6(8)9;1-2-7-4(6)3-5;1-2(3)4/h3,5,7-10H,2,4,6H2,1H3;7-10H,2-6,12H2,1H3;1-4H,5-6H2;4,7H,2-3H2,1H3;3-4H,2H2,1H3;3H,2H2,1H3;1H3/b;;;;4-3+;;/t2*7?,8?,9-,10-;;;;;/m00...../s1. The molecular weight excluding hydrogens is 906 g/mol. The van der Waals surface area contributed by atoms with Crippen LogP contribution < -0.4 is 5.73 Å². The normalized spacial score (nSPS) is 23.1. The van der Waals surface area contributed by atoms with Crippen molar-refractivity contribution in [3.63, 3.8) is 0 Å². The van der Waals surface area contributed by atoms with E-state index >= 15 is 0 Å². The molecule has 25 nitrogen and oxygen atoms in total. The fourth-order valence-corrected chi connectivity index (χ4v) is 7.36. The number of aldehydes is 1. The predicted octanol–water partition coefficient (Wildman–Crippen LogP) is 4.13. The lowest BCUT2D eigenvalue weighted by molar-refractivity contribution is -0.569. The number of nitro groups is 4. The molecule has 3 N–H and O–H groups in total. The largest absolute Gasteiger partial charge is 0.466 e. The van der Waals surface area contributed by atoms with E-state index in [1.165, 1.54) is 38.5 Å². The van der Waals surface area contributed by atoms with Gasteiger partial charge in [-0.2, -0.15) is 0 Å². The Hall–Kier alpha value is -6.50. The van der Waals surface area contributed by atoms with E-state index in [4.69, 9.17) is 30.4 Å². The Labute approximate surface area is 394 Å². The molecule has 7 atom stereocenters. The number of hydrogen-bond donors (Lipinski definition) is 2. The first kappa shape index (κ1) is 63.6. The van der Waals surface area contributed by atoms with Crippen molar-refractivity contribution in [3.05, 3.63) is 89.2 Å². The van der Waals surface area contributed by atoms with Crippen molar-refractivity contribution in [1.29, 1.82) is 0 Å². The lowest BCUT2D eigenvalue weighted by Gasteiger charge is -2.45. The SMILES string of the molecule is C1=CCCC=C1.CCOC(=O)/C=C/[N+](=O)[O-].CCOC(=O)C=O.CCOC(=O)CC(O)[N+](=O)[O-].CCOC(=O)[C@H]1C2C=CC(CC2)[C@@H]1[N+](=O)[O-].CCOC(=O)[C@H]1C2CCC(CC2)[C@@H]1N.C[N+](=O)[O-]. The van der Waals surface area contributed by atoms with Crippen LogP contribution in [0.4, 0.5) is 0 Å². The molecule has 0 aliphatic heterocycles. The van der Waals surface area contributed by atoms with E-state index in [9.17, 15) is 59.1 Å². The Morgan fingerprint density at radius 3 is 1.47 bits per heavy atom. The van der Waals surface area contributed by atoms with Crippen LogP contribution in [0, 0.1) is 76.0 Å². The highest BCUT2D eigenvalue weighted by molar-refractivity contribution is 6.20. The zero-order chi connectivity index (χ0) is 52.2. The Morgan fingerprint density at radius 1 is 0.676 bits per heavy atom. The number of ether oxygens (including phenoxy) is 5. The highest BCUT2D eigenvalue weighted by atomic mass is 16.7. The molecule has 0 saturated heterocycles. The zero-order valence-corrected chi connectivity index (χ0v) is 39.4. The number of nitrogens with two attached hydrogens (primary N) is 1. The van der Waals surface area contributed by atoms with Crippen molar-refractivity contribution in [3.8, 4) is 0 Å². The second-order valence-electron chi connectivity index (χ2n) is 14.7. The van der Waals surface area contributed by atoms with Crippen LogP contribution in [-0.2, 0) is 52.5 Å². The van der Waals surface area contributed by atoms with Crippen LogP contribution in [-0.4, -0.2) is 119 Å². The van der Waals surface area contributed by atoms with Gasteiger partial charge in [0.15, 0.2) is 7.05 Å². The number of fused-ring (bicyclic) bond motifs is 5. The van der Waals surface area contributed by atoms with Gasteiger partial charge in [0.2, 0.25) is 18.5 Å². The van der Waals surface area contributed by atoms with Gasteiger partial charge in [0.25, 0.3) is 0 Å². The Morgan fingerprint density at radius 2 is 1.12 bits per heavy atom. The number of aliphatic hydroxyl groups is 1. The van der Waals surface area contributed by atoms with Gasteiger partial charge in [-0.25, -0.2) is 9.59 Å². The number of hydrogen-bond acceptors (Lipinski definition) is 21. The van der Waals surface area contributed by atoms with Crippen LogP contribution >= 0.6 is 0 Å². The maximum atomic E-state index is 11.7. The molecule has 7 aliphatic carbocycles. The number of nitrogens with zero attached hydrogens (tertiary/aromatic N) is 4. The van der Waals surface area contributed by atoms with Gasteiger partial charge >= 0.3 is 36.1 Å². The fourth-order valence-electron chi connectivity index (χ4n) is 7.36. The smallest absolute Gasteiger partial charge is 0.371 e. The molecule has 0 aromatic rings. The number of carbonyl (C=O) groups is 6. The summed E-state index contributed by atoms with van der Waals surface area (Å²) in [5.41, 5.74) is 6.09. The van der Waals surface area contributed by atoms with E-state index in [2.05, 4.69) is 38.5 Å². The van der Waals surface area contributed by atoms with Gasteiger partial charge in [-0.3, -0.25) is 59.6 Å². The highest BCUT2D eigenvalue weighted by Crippen LogP contribution is 2.45. The highest BCUT2D eigenvalue weighted by Gasteiger charge is 2.52. The molecule has 384 valence electrons. The minimum absolute atomic E-state index is 0.0116. The summed E-state index contributed by atoms with van der Waals surface area (Å²) in [6, 6.07) is -0.732. The van der Waals surface area contributed by atoms with E-state index in [1.54, 1.807) is 27.7 Å². The molecule has 4 saturated carbocycles. The van der Waals surface area contributed by atoms with E-state index in [0.717, 1.165) is 26.0 Å². The Kier molecular flexibility index (Phi) is 35.1. The van der Waals surface area contributed by atoms with Gasteiger partial charge in [0, 0.05) is 21.8 Å². The fraction of sp³-hybridized carbons (Fsp3) is 0.674. The van der Waals surface area contributed by atoms with Crippen LogP contribution in [0.5, 0.6) is 0 Å². The van der Waals surface area contributed by atoms with Crippen molar-refractivity contribution in [1.82, 2.24) is 0 Å². The molecule has 0 heterocycles. The predicted molar refractivity (Wildman–Crippen MR) is 240 cm³/mol. The number of esters is 5. The van der Waals surface area contributed by atoms with Gasteiger partial charge in [-0.1, -0.05) is 36.5 Å². The minimum atomic E-state index is -1.85. The lowest BCUT2D eigenvalue weighted by Crippen LogP contribution is -2.52. The van der Waals surface area contributed by atoms with Crippen LogP contribution in [0.15, 0.2) is 48.7 Å². The number of carbonyl (C=O) groups excluding carboxylic acids is 6. The average molecular weight is 974 g/mol. The maximum Gasteiger partial charge on any atom is 0.371 e. The second kappa shape index (κ2) is 37.6. The Bertz CT molecular complexity index is 1710. The van der Waals surface area contributed by atoms with Crippen LogP contribution in [0.1, 0.15) is 92.4 Å². The number of aliphatic hydroxyl groups excluding tert-OH is 1. The van der Waals surface area contributed by atoms with E-state index in [0.29, 0.717) is 24.6 Å². The molecule has 7 rings (SSSR count). The van der Waals surface area contributed by atoms with Gasteiger partial charge < -0.3 is 34.5 Å². The summed E-state index contributed by atoms with van der Waals surface area (Å²) in [5.74, 6) is -2.39. The summed E-state index contributed by atoms with van der Waals surface area (Å²) >= 11 is 0. The monoisotopic (exact) mass is 973 g/mol. The third kappa shape index (κ3) is 27.9. The summed E-state index contributed by atoms with van der Waals surface area (Å²) in [6.07, 6.45) is 20.2. The van der Waals surface area contributed by atoms with Gasteiger partial charge in [0.1, 0.15) is 12.3 Å². The van der Waals surface area contributed by atoms with E-state index in [-0.39, 0.29) is 67.4 Å². The van der Waals surface area contributed by atoms with Crippen LogP contribution in [0.3, 0.4) is 0 Å². The molecular formula is C43H67N5O20. The van der Waals surface area contributed by atoms with Crippen molar-refractivity contribution in [2.45, 2.75) is 111 Å². The average Bonchev–Trinajstić information content (AvgIpc) is 3.30. The third-order valence-electron chi connectivity index (χ3n) is 10.1. The molecule has 68 heavy (non-hydrogen) atoms. The van der Waals surface area contributed by atoms with E-state index < -0.39 is 63.3 Å². The summed E-state index contributed by atoms with van der Waals surface area (Å²) in [4.78, 5) is 100. The first-order chi connectivity index (χ1) is 32.2. The second-order valence-corrected chi connectivity index (χ2v) is 14.7. The quantitative estimate of drug-likeness (QED) is 0.0284. The van der Waals surface area contributed by atoms with Crippen LogP contribution in [0.25, 0.3) is 0 Å². The van der Waals surface area contributed by atoms with Crippen LogP contribution in [0.2, 0.25) is 0 Å². The van der Waals surface area contributed by atoms with Crippen molar-refractivity contribution in [2.24, 2.45) is 41.2 Å². The molecule has 0 aromatic carbocycles. The maximum absolute atomic E-state index is 11.7. The van der Waals surface area contributed by atoms with Gasteiger partial charge in [0.05, 0.1) is 54.9 Å². The summed E-state index contributed by atoms with van der Waals surface area (Å²) in [5, 5.41) is 47.8. The van der Waals surface area contributed by atoms with Gasteiger partial charge in [-0.05, 0) is 104 Å². The summed E-state index contributed by atoms with van der Waals surface area (Å²) < 4.78 is 22.9. The summed E-state index contributed by atoms with van der Waals surface area (Å²) in [6.45, 7) is 9.80. The molecule has 4 fully saturated rings. The topological polar surface area (TPSA) is 367 Å². The van der Waals surface area contributed by atoms with Gasteiger partial charge in [-0.15, -0.1) is 0 Å². The minimum Gasteiger partial charge on any atom is -0.466 e. The molecule has 0 radical (unpaired) electrons. The first-order valence-corrected chi connectivity index (χ1v) is 22.0. The van der Waals surface area contributed by atoms with Crippen molar-refractivity contribution >= 4 is 36.1 Å². The number of rotatable bonds is 14. The summed E-state index contributed by atoms with van der Waals surface area (Å²) in [7, 11) is 0.889. The molecule has 0 spiro atoms. The molecule has 25 heteroatoms. The number of allylic oxidation sites excluding steroid dienone is 5. The van der Waals surface area contributed by atoms with Crippen molar-refractivity contribution in [2.75, 3.05) is 40.1 Å². The third-order valence-corrected chi connectivity index (χ3v) is 10.1. The first-order valence-electron chi connectivity index (χ1n) is 22.0. The molecule has 0 aromatic heterocycles. The molecule has 0 amide bonds. The Balaban J connectivity index is 0. The van der Waals surface area contributed by atoms with Crippen molar-refractivity contribution < 1.29 is 77.3 Å². The molecule has 7 aliphatic rings. The van der Waals surface area contributed by atoms with E-state index in [1.807, 2.05) is 19.1 Å². The zero-order valence-electron chi connectivity index (χ0n) is 39.4.